The van der Waals surface area contributed by atoms with E-state index < -0.39 is 0 Å². The largest absolute Gasteiger partial charge is 0.345 e. The Morgan fingerprint density at radius 2 is 1.91 bits per heavy atom. The first kappa shape index (κ1) is 25.2. The van der Waals surface area contributed by atoms with Crippen LogP contribution in [0.3, 0.4) is 0 Å². The van der Waals surface area contributed by atoms with Crippen LogP contribution in [0.15, 0.2) is 47.6 Å². The molecule has 0 atom stereocenters. The Balaban J connectivity index is 1.61. The van der Waals surface area contributed by atoms with Gasteiger partial charge in [0, 0.05) is 21.4 Å². The van der Waals surface area contributed by atoms with Crippen molar-refractivity contribution in [3.05, 3.63) is 68.5 Å². The molecule has 174 valence electrons. The summed E-state index contributed by atoms with van der Waals surface area (Å²) in [6.07, 6.45) is 0. The maximum absolute atomic E-state index is 12.6. The van der Waals surface area contributed by atoms with Crippen molar-refractivity contribution in [2.75, 3.05) is 11.1 Å². The van der Waals surface area contributed by atoms with Gasteiger partial charge >= 0.3 is 0 Å². The Hall–Kier alpha value is -2.40. The maximum Gasteiger partial charge on any atom is 0.251 e. The predicted molar refractivity (Wildman–Crippen MR) is 141 cm³/mol. The molecule has 0 saturated carbocycles. The number of hydrogen-bond donors (Lipinski definition) is 2. The Labute approximate surface area is 212 Å². The second kappa shape index (κ2) is 11.6. The van der Waals surface area contributed by atoms with Crippen molar-refractivity contribution in [1.29, 1.82) is 0 Å². The summed E-state index contributed by atoms with van der Waals surface area (Å²) in [5.41, 5.74) is 3.52. The summed E-state index contributed by atoms with van der Waals surface area (Å²) in [6.45, 7) is 9.02. The van der Waals surface area contributed by atoms with Crippen LogP contribution in [-0.2, 0) is 17.9 Å². The first-order valence-corrected chi connectivity index (χ1v) is 12.8. The molecule has 3 rings (SSSR count). The molecule has 2 amide bonds. The summed E-state index contributed by atoms with van der Waals surface area (Å²) in [6, 6.07) is 13.5. The van der Waals surface area contributed by atoms with Gasteiger partial charge in [-0.2, -0.15) is 0 Å². The molecule has 2 aromatic carbocycles. The summed E-state index contributed by atoms with van der Waals surface area (Å²) in [4.78, 5) is 25.1. The van der Waals surface area contributed by atoms with E-state index >= 15 is 0 Å². The van der Waals surface area contributed by atoms with E-state index in [0.29, 0.717) is 29.0 Å². The van der Waals surface area contributed by atoms with Gasteiger partial charge in [0.15, 0.2) is 11.0 Å². The fraction of sp³-hybridized carbons (Fsp3) is 0.333. The molecule has 3 aromatic rings. The van der Waals surface area contributed by atoms with Crippen molar-refractivity contribution in [3.63, 3.8) is 0 Å². The minimum absolute atomic E-state index is 0.0943. The highest BCUT2D eigenvalue weighted by molar-refractivity contribution is 14.1. The quantitative estimate of drug-likeness (QED) is 0.276. The molecule has 0 aliphatic carbocycles. The second-order valence-electron chi connectivity index (χ2n) is 7.86. The molecule has 7 nitrogen and oxygen atoms in total. The third-order valence-corrected chi connectivity index (χ3v) is 6.79. The van der Waals surface area contributed by atoms with Crippen LogP contribution in [0.2, 0.25) is 0 Å². The number of nitrogens with zero attached hydrogens (tertiary/aromatic N) is 3. The van der Waals surface area contributed by atoms with Crippen LogP contribution in [0.25, 0.3) is 0 Å². The van der Waals surface area contributed by atoms with Gasteiger partial charge < -0.3 is 15.2 Å². The van der Waals surface area contributed by atoms with Crippen molar-refractivity contribution in [2.45, 2.75) is 51.9 Å². The molecule has 33 heavy (non-hydrogen) atoms. The van der Waals surface area contributed by atoms with Gasteiger partial charge in [-0.3, -0.25) is 9.59 Å². The van der Waals surface area contributed by atoms with Crippen LogP contribution < -0.4 is 10.6 Å². The van der Waals surface area contributed by atoms with Gasteiger partial charge in [-0.05, 0) is 77.7 Å². The summed E-state index contributed by atoms with van der Waals surface area (Å²) < 4.78 is 3.06. The summed E-state index contributed by atoms with van der Waals surface area (Å²) in [5, 5.41) is 15.0. The highest BCUT2D eigenvalue weighted by Crippen LogP contribution is 2.27. The number of halogens is 1. The molecule has 1 aromatic heterocycles. The lowest BCUT2D eigenvalue weighted by molar-refractivity contribution is -0.113. The van der Waals surface area contributed by atoms with Crippen molar-refractivity contribution in [2.24, 2.45) is 0 Å². The smallest absolute Gasteiger partial charge is 0.251 e. The van der Waals surface area contributed by atoms with Gasteiger partial charge in [-0.15, -0.1) is 10.2 Å². The monoisotopic (exact) mass is 577 g/mol. The number of hydrogen-bond acceptors (Lipinski definition) is 5. The Kier molecular flexibility index (Phi) is 8.90. The second-order valence-corrected chi connectivity index (χ2v) is 10.1. The van der Waals surface area contributed by atoms with Crippen LogP contribution in [0.5, 0.6) is 0 Å². The van der Waals surface area contributed by atoms with E-state index in [1.165, 1.54) is 11.8 Å². The molecule has 1 heterocycles. The number of thioether (sulfide) groups is 1. The lowest BCUT2D eigenvalue weighted by Crippen LogP contribution is -2.25. The zero-order valence-corrected chi connectivity index (χ0v) is 22.2. The molecule has 0 fully saturated rings. The van der Waals surface area contributed by atoms with Crippen LogP contribution in [0.4, 0.5) is 5.69 Å². The Morgan fingerprint density at radius 3 is 2.61 bits per heavy atom. The minimum Gasteiger partial charge on any atom is -0.345 e. The summed E-state index contributed by atoms with van der Waals surface area (Å²) in [7, 11) is 0. The number of amides is 2. The number of aromatic nitrogens is 3. The van der Waals surface area contributed by atoms with E-state index in [0.717, 1.165) is 20.4 Å². The van der Waals surface area contributed by atoms with Crippen LogP contribution >= 0.6 is 34.4 Å². The SMILES string of the molecule is CCn1c(CNC(=O)c2ccccc2C)nnc1SCC(=O)Nc1ccc(I)cc1C(C)C. The average molecular weight is 577 g/mol. The van der Waals surface area contributed by atoms with Gasteiger partial charge in [0.05, 0.1) is 12.3 Å². The lowest BCUT2D eigenvalue weighted by atomic mass is 10.0. The molecule has 0 saturated heterocycles. The standard InChI is InChI=1S/C24H28IN5O2S/c1-5-30-21(13-26-23(32)18-9-7-6-8-16(18)4)28-29-24(30)33-14-22(31)27-20-11-10-17(25)12-19(20)15(2)3/h6-12,15H,5,13-14H2,1-4H3,(H,26,32)(H,27,31). The number of nitrogens with one attached hydrogen (secondary N) is 2. The molecule has 9 heteroatoms. The zero-order valence-electron chi connectivity index (χ0n) is 19.2. The van der Waals surface area contributed by atoms with Crippen LogP contribution in [-0.4, -0.2) is 32.3 Å². The van der Waals surface area contributed by atoms with E-state index in [1.807, 2.05) is 48.7 Å². The van der Waals surface area contributed by atoms with E-state index in [1.54, 1.807) is 6.07 Å². The number of rotatable bonds is 9. The third-order valence-electron chi connectivity index (χ3n) is 5.15. The molecule has 0 spiro atoms. The zero-order chi connectivity index (χ0) is 24.0. The van der Waals surface area contributed by atoms with Gasteiger partial charge in [0.2, 0.25) is 5.91 Å². The van der Waals surface area contributed by atoms with Gasteiger partial charge in [-0.1, -0.05) is 43.8 Å². The van der Waals surface area contributed by atoms with E-state index in [4.69, 9.17) is 0 Å². The molecule has 0 aliphatic rings. The topological polar surface area (TPSA) is 88.9 Å². The summed E-state index contributed by atoms with van der Waals surface area (Å²) >= 11 is 3.61. The van der Waals surface area contributed by atoms with E-state index in [2.05, 4.69) is 63.3 Å². The van der Waals surface area contributed by atoms with Crippen molar-refractivity contribution in [3.8, 4) is 0 Å². The first-order chi connectivity index (χ1) is 15.8. The maximum atomic E-state index is 12.6. The number of aryl methyl sites for hydroxylation is 1. The predicted octanol–water partition coefficient (Wildman–Crippen LogP) is 5.00. The molecule has 0 unspecified atom stereocenters. The van der Waals surface area contributed by atoms with Crippen LogP contribution in [0, 0.1) is 10.5 Å². The lowest BCUT2D eigenvalue weighted by Gasteiger charge is -2.14. The Bertz CT molecular complexity index is 1150. The molecule has 0 aliphatic heterocycles. The highest BCUT2D eigenvalue weighted by atomic mass is 127. The van der Waals surface area contributed by atoms with Crippen LogP contribution in [0.1, 0.15) is 54.0 Å². The fourth-order valence-electron chi connectivity index (χ4n) is 3.40. The molecular formula is C24H28IN5O2S. The summed E-state index contributed by atoms with van der Waals surface area (Å²) in [5.74, 6) is 0.941. The third kappa shape index (κ3) is 6.57. The normalized spacial score (nSPS) is 11.0. The van der Waals surface area contributed by atoms with Crippen molar-refractivity contribution in [1.82, 2.24) is 20.1 Å². The van der Waals surface area contributed by atoms with Gasteiger partial charge in [0.1, 0.15) is 0 Å². The van der Waals surface area contributed by atoms with Gasteiger partial charge in [-0.25, -0.2) is 0 Å². The number of anilines is 1. The highest BCUT2D eigenvalue weighted by Gasteiger charge is 2.16. The van der Waals surface area contributed by atoms with Gasteiger partial charge in [0.25, 0.3) is 5.91 Å². The van der Waals surface area contributed by atoms with Crippen molar-refractivity contribution < 1.29 is 9.59 Å². The average Bonchev–Trinajstić information content (AvgIpc) is 3.19. The number of benzene rings is 2. The molecule has 0 bridgehead atoms. The first-order valence-electron chi connectivity index (χ1n) is 10.8. The number of carbonyl (C=O) groups is 2. The minimum atomic E-state index is -0.147. The van der Waals surface area contributed by atoms with Crippen molar-refractivity contribution >= 4 is 51.9 Å². The van der Waals surface area contributed by atoms with E-state index in [-0.39, 0.29) is 24.1 Å². The Morgan fingerprint density at radius 1 is 1.15 bits per heavy atom. The molecule has 2 N–H and O–H groups in total. The van der Waals surface area contributed by atoms with E-state index in [9.17, 15) is 9.59 Å². The number of carbonyl (C=O) groups excluding carboxylic acids is 2. The molecule has 0 radical (unpaired) electrons. The molecular weight excluding hydrogens is 549 g/mol. The fourth-order valence-corrected chi connectivity index (χ4v) is 4.73.